The van der Waals surface area contributed by atoms with Crippen molar-refractivity contribution >= 4 is 17.3 Å². The van der Waals surface area contributed by atoms with E-state index in [4.69, 9.17) is 0 Å². The highest BCUT2D eigenvalue weighted by molar-refractivity contribution is 6.08. The number of hydrogen-bond donors (Lipinski definition) is 1. The van der Waals surface area contributed by atoms with E-state index in [1.54, 1.807) is 18.2 Å². The van der Waals surface area contributed by atoms with Gasteiger partial charge in [0.2, 0.25) is 0 Å². The lowest BCUT2D eigenvalue weighted by Crippen LogP contribution is -2.44. The molecule has 1 N–H and O–H groups in total. The van der Waals surface area contributed by atoms with Crippen LogP contribution in [0.3, 0.4) is 0 Å². The van der Waals surface area contributed by atoms with Crippen molar-refractivity contribution in [2.75, 3.05) is 4.90 Å². The van der Waals surface area contributed by atoms with Crippen molar-refractivity contribution in [2.45, 2.75) is 59.3 Å². The van der Waals surface area contributed by atoms with E-state index < -0.39 is 5.92 Å². The van der Waals surface area contributed by atoms with Crippen molar-refractivity contribution in [2.24, 2.45) is 10.8 Å². The summed E-state index contributed by atoms with van der Waals surface area (Å²) >= 11 is 0. The summed E-state index contributed by atoms with van der Waals surface area (Å²) in [4.78, 5) is 29.6. The largest absolute Gasteiger partial charge is 0.508 e. The summed E-state index contributed by atoms with van der Waals surface area (Å²) in [5.41, 5.74) is 4.90. The molecule has 0 atom stereocenters. The highest BCUT2D eigenvalue weighted by atomic mass is 16.3. The third-order valence-corrected chi connectivity index (χ3v) is 7.13. The van der Waals surface area contributed by atoms with Crippen LogP contribution in [0.1, 0.15) is 64.9 Å². The van der Waals surface area contributed by atoms with Crippen LogP contribution in [-0.4, -0.2) is 16.7 Å². The molecule has 2 aromatic rings. The molecule has 0 saturated heterocycles. The zero-order valence-electron chi connectivity index (χ0n) is 19.8. The number of Topliss-reactive ketones (excluding diaryl/α,β-unsaturated/α-hetero) is 2. The van der Waals surface area contributed by atoms with Gasteiger partial charge in [0.25, 0.3) is 0 Å². The molecule has 0 amide bonds. The second-order valence-corrected chi connectivity index (χ2v) is 11.3. The van der Waals surface area contributed by atoms with Crippen LogP contribution in [0.4, 0.5) is 5.69 Å². The number of anilines is 1. The second kappa shape index (κ2) is 7.44. The standard InChI is InChI=1S/C29H31NO3/c1-28(2)14-21-26(23(32)16-28)25(18-9-8-12-20(31)13-18)27-22(15-29(3,4)17-24(27)33)30(21)19-10-6-5-7-11-19/h5-13,25,31H,14-17H2,1-4H3. The molecule has 4 heteroatoms. The number of rotatable bonds is 2. The Morgan fingerprint density at radius 3 is 1.82 bits per heavy atom. The molecule has 0 fully saturated rings. The molecule has 1 aliphatic heterocycles. The summed E-state index contributed by atoms with van der Waals surface area (Å²) in [5.74, 6) is -0.0943. The number of ketones is 2. The minimum Gasteiger partial charge on any atom is -0.508 e. The van der Waals surface area contributed by atoms with Crippen molar-refractivity contribution < 1.29 is 14.7 Å². The van der Waals surface area contributed by atoms with Crippen LogP contribution in [0.5, 0.6) is 5.75 Å². The lowest BCUT2D eigenvalue weighted by atomic mass is 9.63. The van der Waals surface area contributed by atoms with Gasteiger partial charge in [-0.15, -0.1) is 0 Å². The highest BCUT2D eigenvalue weighted by Crippen LogP contribution is 2.55. The maximum absolute atomic E-state index is 13.7. The molecule has 4 nitrogen and oxygen atoms in total. The van der Waals surface area contributed by atoms with Crippen molar-refractivity contribution in [1.29, 1.82) is 0 Å². The van der Waals surface area contributed by atoms with Crippen LogP contribution in [0.15, 0.2) is 77.1 Å². The molecule has 33 heavy (non-hydrogen) atoms. The van der Waals surface area contributed by atoms with Crippen LogP contribution in [0.2, 0.25) is 0 Å². The lowest BCUT2D eigenvalue weighted by molar-refractivity contribution is -0.119. The number of para-hydroxylation sites is 1. The zero-order chi connectivity index (χ0) is 23.5. The first-order valence-electron chi connectivity index (χ1n) is 11.7. The summed E-state index contributed by atoms with van der Waals surface area (Å²) in [5, 5.41) is 10.3. The van der Waals surface area contributed by atoms with Crippen LogP contribution >= 0.6 is 0 Å². The Balaban J connectivity index is 1.84. The number of benzene rings is 2. The van der Waals surface area contributed by atoms with Crippen molar-refractivity contribution in [3.63, 3.8) is 0 Å². The van der Waals surface area contributed by atoms with Gasteiger partial charge in [-0.05, 0) is 53.5 Å². The number of hydrogen-bond acceptors (Lipinski definition) is 4. The molecule has 2 aromatic carbocycles. The Kier molecular flexibility index (Phi) is 4.89. The van der Waals surface area contributed by atoms with Gasteiger partial charge in [0.15, 0.2) is 11.6 Å². The third kappa shape index (κ3) is 3.72. The first kappa shape index (κ1) is 21.7. The van der Waals surface area contributed by atoms with E-state index in [1.807, 2.05) is 24.3 Å². The monoisotopic (exact) mass is 441 g/mol. The molecular formula is C29H31NO3. The van der Waals surface area contributed by atoms with Gasteiger partial charge in [-0.25, -0.2) is 0 Å². The van der Waals surface area contributed by atoms with E-state index in [0.29, 0.717) is 12.8 Å². The molecule has 0 radical (unpaired) electrons. The molecule has 170 valence electrons. The highest BCUT2D eigenvalue weighted by Gasteiger charge is 2.49. The SMILES string of the molecule is CC1(C)CC(=O)C2=C(C1)N(c1ccccc1)C1=C(C(=O)CC(C)(C)C1)C2c1cccc(O)c1. The van der Waals surface area contributed by atoms with Gasteiger partial charge in [0.1, 0.15) is 5.75 Å². The zero-order valence-corrected chi connectivity index (χ0v) is 19.8. The van der Waals surface area contributed by atoms with Gasteiger partial charge >= 0.3 is 0 Å². The normalized spacial score (nSPS) is 22.4. The van der Waals surface area contributed by atoms with Crippen LogP contribution < -0.4 is 4.90 Å². The molecule has 2 aliphatic carbocycles. The average molecular weight is 442 g/mol. The Morgan fingerprint density at radius 1 is 0.758 bits per heavy atom. The minimum absolute atomic E-state index is 0.0970. The summed E-state index contributed by atoms with van der Waals surface area (Å²) in [6.07, 6.45) is 2.41. The minimum atomic E-state index is -0.436. The summed E-state index contributed by atoms with van der Waals surface area (Å²) in [6, 6.07) is 17.2. The van der Waals surface area contributed by atoms with E-state index >= 15 is 0 Å². The third-order valence-electron chi connectivity index (χ3n) is 7.13. The second-order valence-electron chi connectivity index (χ2n) is 11.3. The van der Waals surface area contributed by atoms with E-state index in [1.165, 1.54) is 0 Å². The topological polar surface area (TPSA) is 57.6 Å². The summed E-state index contributed by atoms with van der Waals surface area (Å²) < 4.78 is 0. The van der Waals surface area contributed by atoms with Crippen LogP contribution in [0, 0.1) is 10.8 Å². The Bertz CT molecular complexity index is 1160. The van der Waals surface area contributed by atoms with Gasteiger partial charge in [-0.3, -0.25) is 9.59 Å². The van der Waals surface area contributed by atoms with E-state index in [-0.39, 0.29) is 28.1 Å². The maximum atomic E-state index is 13.7. The van der Waals surface area contributed by atoms with Gasteiger partial charge in [0.05, 0.1) is 0 Å². The van der Waals surface area contributed by atoms with Gasteiger partial charge in [-0.1, -0.05) is 58.0 Å². The first-order valence-corrected chi connectivity index (χ1v) is 11.7. The number of aromatic hydroxyl groups is 1. The molecular weight excluding hydrogens is 410 g/mol. The smallest absolute Gasteiger partial charge is 0.162 e. The number of carbonyl (C=O) groups excluding carboxylic acids is 2. The number of carbonyl (C=O) groups is 2. The molecule has 1 heterocycles. The molecule has 5 rings (SSSR count). The molecule has 3 aliphatic rings. The Labute approximate surface area is 195 Å². The Morgan fingerprint density at radius 2 is 1.30 bits per heavy atom. The fourth-order valence-corrected chi connectivity index (χ4v) is 5.89. The molecule has 0 saturated carbocycles. The van der Waals surface area contributed by atoms with Crippen LogP contribution in [-0.2, 0) is 9.59 Å². The Hall–Kier alpha value is -3.14. The van der Waals surface area contributed by atoms with Crippen molar-refractivity contribution in [3.8, 4) is 5.75 Å². The first-order chi connectivity index (χ1) is 15.6. The van der Waals surface area contributed by atoms with Gasteiger partial charge in [0, 0.05) is 47.0 Å². The van der Waals surface area contributed by atoms with E-state index in [2.05, 4.69) is 44.7 Å². The van der Waals surface area contributed by atoms with Crippen molar-refractivity contribution in [1.82, 2.24) is 0 Å². The van der Waals surface area contributed by atoms with E-state index in [0.717, 1.165) is 46.6 Å². The lowest BCUT2D eigenvalue weighted by Gasteiger charge is -2.49. The fraction of sp³-hybridized carbons (Fsp3) is 0.379. The average Bonchev–Trinajstić information content (AvgIpc) is 2.71. The maximum Gasteiger partial charge on any atom is 0.162 e. The van der Waals surface area contributed by atoms with E-state index in [9.17, 15) is 14.7 Å². The summed E-state index contributed by atoms with van der Waals surface area (Å²) in [7, 11) is 0. The van der Waals surface area contributed by atoms with Crippen LogP contribution in [0.25, 0.3) is 0 Å². The number of phenols is 1. The van der Waals surface area contributed by atoms with Gasteiger partial charge in [-0.2, -0.15) is 0 Å². The predicted molar refractivity (Wildman–Crippen MR) is 130 cm³/mol. The number of allylic oxidation sites excluding steroid dienone is 4. The predicted octanol–water partition coefficient (Wildman–Crippen LogP) is 6.28. The summed E-state index contributed by atoms with van der Waals surface area (Å²) in [6.45, 7) is 8.56. The molecule has 0 unspecified atom stereocenters. The fourth-order valence-electron chi connectivity index (χ4n) is 5.89. The quantitative estimate of drug-likeness (QED) is 0.596. The number of phenolic OH excluding ortho intramolecular Hbond substituents is 1. The molecule has 0 aromatic heterocycles. The van der Waals surface area contributed by atoms with Gasteiger partial charge < -0.3 is 10.0 Å². The number of nitrogens with zero attached hydrogens (tertiary/aromatic N) is 1. The molecule has 0 bridgehead atoms. The van der Waals surface area contributed by atoms with Crippen molar-refractivity contribution in [3.05, 3.63) is 82.7 Å². The molecule has 0 spiro atoms.